The molecule has 0 aromatic carbocycles. The van der Waals surface area contributed by atoms with Crippen molar-refractivity contribution in [3.05, 3.63) is 21.5 Å². The summed E-state index contributed by atoms with van der Waals surface area (Å²) in [5, 5.41) is 11.1. The molecule has 0 spiro atoms. The normalized spacial score (nSPS) is 20.6. The Kier molecular flexibility index (Phi) is 13.7. The average molecular weight is 741 g/mol. The molecule has 1 saturated carbocycles. The van der Waals surface area contributed by atoms with Gasteiger partial charge in [-0.1, -0.05) is 0 Å². The molecule has 2 rings (SSSR count). The zero-order chi connectivity index (χ0) is 32.5. The van der Waals surface area contributed by atoms with Gasteiger partial charge in [0.15, 0.2) is 9.87 Å². The van der Waals surface area contributed by atoms with E-state index in [2.05, 4.69) is 10.1 Å². The van der Waals surface area contributed by atoms with Gasteiger partial charge in [0.2, 0.25) is 0 Å². The van der Waals surface area contributed by atoms with Gasteiger partial charge < -0.3 is 39.5 Å². The Morgan fingerprint density at radius 1 is 1.16 bits per heavy atom. The second-order valence-electron chi connectivity index (χ2n) is 11.7. The lowest BCUT2D eigenvalue weighted by Crippen LogP contribution is -2.58. The van der Waals surface area contributed by atoms with Crippen molar-refractivity contribution in [2.45, 2.75) is 83.3 Å². The second kappa shape index (κ2) is 16.1. The molecule has 1 heterocycles. The summed E-state index contributed by atoms with van der Waals surface area (Å²) >= 11 is 2.02. The molecule has 244 valence electrons. The number of sulfone groups is 1. The first kappa shape index (κ1) is 36.8. The number of halogens is 1. The van der Waals surface area contributed by atoms with Gasteiger partial charge in [-0.3, -0.25) is 4.79 Å². The van der Waals surface area contributed by atoms with Crippen LogP contribution in [0.1, 0.15) is 53.4 Å². The van der Waals surface area contributed by atoms with Crippen LogP contribution in [-0.2, 0) is 33.6 Å². The maximum atomic E-state index is 14.1. The van der Waals surface area contributed by atoms with Crippen molar-refractivity contribution in [1.29, 1.82) is 5.41 Å². The number of allylic oxidation sites excluding steroid dienone is 1. The van der Waals surface area contributed by atoms with Gasteiger partial charge in [0.25, 0.3) is 5.91 Å². The molecule has 2 N–H and O–H groups in total. The van der Waals surface area contributed by atoms with E-state index in [-0.39, 0.29) is 30.8 Å². The molecule has 3 atom stereocenters. The smallest absolute Gasteiger partial charge is 0.410 e. The molecule has 2 unspecified atom stereocenters. The van der Waals surface area contributed by atoms with Gasteiger partial charge in [-0.2, -0.15) is 0 Å². The molecular formula is C28H45IN4O9S. The number of nitrogens with one attached hydrogen (secondary N) is 2. The van der Waals surface area contributed by atoms with Gasteiger partial charge in [0, 0.05) is 24.6 Å². The highest BCUT2D eigenvalue weighted by molar-refractivity contribution is 14.1. The summed E-state index contributed by atoms with van der Waals surface area (Å²) in [6, 6.07) is -0.575. The zero-order valence-corrected chi connectivity index (χ0v) is 28.9. The van der Waals surface area contributed by atoms with Crippen LogP contribution >= 0.6 is 22.6 Å². The molecule has 0 radical (unpaired) electrons. The van der Waals surface area contributed by atoms with Crippen molar-refractivity contribution in [2.75, 3.05) is 45.9 Å². The molecule has 2 fully saturated rings. The number of hydrogen-bond donors (Lipinski definition) is 2. The minimum absolute atomic E-state index is 0.0212. The van der Waals surface area contributed by atoms with Crippen LogP contribution in [0.4, 0.5) is 9.59 Å². The van der Waals surface area contributed by atoms with E-state index in [1.165, 1.54) is 19.1 Å². The van der Waals surface area contributed by atoms with Crippen molar-refractivity contribution in [2.24, 2.45) is 0 Å². The third kappa shape index (κ3) is 13.0. The molecule has 15 heteroatoms. The van der Waals surface area contributed by atoms with Crippen LogP contribution in [0.2, 0.25) is 0 Å². The van der Waals surface area contributed by atoms with Gasteiger partial charge in [-0.25, -0.2) is 18.0 Å². The quantitative estimate of drug-likeness (QED) is 0.0947. The number of carbonyl (C=O) groups is 3. The number of amides is 3. The molecule has 1 aliphatic carbocycles. The molecule has 0 aromatic rings. The third-order valence-corrected chi connectivity index (χ3v) is 8.30. The molecule has 3 amide bonds. The molecule has 1 aliphatic heterocycles. The average Bonchev–Trinajstić information content (AvgIpc) is 3.73. The Balaban J connectivity index is 2.33. The molecule has 1 saturated heterocycles. The zero-order valence-electron chi connectivity index (χ0n) is 26.0. The van der Waals surface area contributed by atoms with Crippen molar-refractivity contribution in [3.8, 4) is 0 Å². The number of rotatable bonds is 13. The van der Waals surface area contributed by atoms with Crippen molar-refractivity contribution in [1.82, 2.24) is 15.1 Å². The van der Waals surface area contributed by atoms with Crippen LogP contribution in [0.25, 0.3) is 0 Å². The Bertz CT molecular complexity index is 1200. The van der Waals surface area contributed by atoms with E-state index in [1.54, 1.807) is 37.8 Å². The van der Waals surface area contributed by atoms with Crippen LogP contribution in [-0.4, -0.2) is 118 Å². The highest BCUT2D eigenvalue weighted by Gasteiger charge is 2.44. The highest BCUT2D eigenvalue weighted by atomic mass is 127. The topological polar surface area (TPSA) is 165 Å². The van der Waals surface area contributed by atoms with Crippen LogP contribution < -0.4 is 5.32 Å². The van der Waals surface area contributed by atoms with Crippen molar-refractivity contribution >= 4 is 56.2 Å². The lowest BCUT2D eigenvalue weighted by Gasteiger charge is -2.41. The maximum Gasteiger partial charge on any atom is 0.410 e. The summed E-state index contributed by atoms with van der Waals surface area (Å²) in [5.41, 5.74) is 0.177. The van der Waals surface area contributed by atoms with Crippen molar-refractivity contribution in [3.63, 3.8) is 0 Å². The van der Waals surface area contributed by atoms with Gasteiger partial charge in [0.1, 0.15) is 15.4 Å². The minimum atomic E-state index is -3.47. The van der Waals surface area contributed by atoms with E-state index in [1.807, 2.05) is 29.5 Å². The summed E-state index contributed by atoms with van der Waals surface area (Å²) in [5.74, 6) is -0.723. The lowest BCUT2D eigenvalue weighted by atomic mass is 10.0. The molecule has 43 heavy (non-hydrogen) atoms. The van der Waals surface area contributed by atoms with E-state index in [0.717, 1.165) is 19.1 Å². The molecule has 2 aliphatic rings. The largest absolute Gasteiger partial charge is 0.491 e. The van der Waals surface area contributed by atoms with Crippen LogP contribution in [0.3, 0.4) is 0 Å². The molecule has 0 bridgehead atoms. The number of carbonyl (C=O) groups excluding carboxylic acids is 3. The Morgan fingerprint density at radius 3 is 2.35 bits per heavy atom. The number of morpholine rings is 1. The fourth-order valence-electron chi connectivity index (χ4n) is 4.53. The second-order valence-corrected chi connectivity index (χ2v) is 15.0. The number of nitrogens with zero attached hydrogens (tertiary/aromatic N) is 2. The van der Waals surface area contributed by atoms with E-state index in [4.69, 9.17) is 19.6 Å². The van der Waals surface area contributed by atoms with E-state index in [0.29, 0.717) is 34.4 Å². The summed E-state index contributed by atoms with van der Waals surface area (Å²) in [6.07, 6.45) is 3.78. The Morgan fingerprint density at radius 2 is 1.81 bits per heavy atom. The first-order chi connectivity index (χ1) is 19.9. The fraction of sp³-hybridized carbons (Fsp3) is 0.714. The van der Waals surface area contributed by atoms with Gasteiger partial charge in [-0.15, -0.1) is 0 Å². The number of hydrogen-bond acceptors (Lipinski definition) is 10. The van der Waals surface area contributed by atoms with Gasteiger partial charge in [0.05, 0.1) is 45.2 Å². The summed E-state index contributed by atoms with van der Waals surface area (Å²) in [6.45, 7) is 7.28. The maximum absolute atomic E-state index is 14.1. The number of ether oxygens (including phenoxy) is 4. The van der Waals surface area contributed by atoms with Crippen molar-refractivity contribution < 1.29 is 41.7 Å². The monoisotopic (exact) mass is 740 g/mol. The fourth-order valence-corrected chi connectivity index (χ4v) is 5.75. The standard InChI is InChI=1S/C28H45IN4O9S/c1-18(19(14-24(29)39-5)13-20(30)9-8-12-31-26(35)40-6)33(21-10-11-21)25(34)23-16-32(27(36)42-28(2,3)4)15-22(41-23)17-43(7,37)38/h13-14,18,21-23,30H,8-12,15-17H2,1-7H3,(H,31,35)/b19-13+,24-14+,30-20?/t18-,22?,23?/m1/s1. The van der Waals surface area contributed by atoms with E-state index in [9.17, 15) is 22.8 Å². The summed E-state index contributed by atoms with van der Waals surface area (Å²) in [4.78, 5) is 41.4. The third-order valence-electron chi connectivity index (χ3n) is 6.57. The minimum Gasteiger partial charge on any atom is -0.491 e. The molecule has 0 aromatic heterocycles. The Hall–Kier alpha value is -2.40. The van der Waals surface area contributed by atoms with Gasteiger partial charge >= 0.3 is 12.2 Å². The summed E-state index contributed by atoms with van der Waals surface area (Å²) in [7, 11) is -0.665. The van der Waals surface area contributed by atoms with E-state index >= 15 is 0 Å². The predicted molar refractivity (Wildman–Crippen MR) is 170 cm³/mol. The first-order valence-corrected chi connectivity index (χ1v) is 17.2. The molecule has 13 nitrogen and oxygen atoms in total. The predicted octanol–water partition coefficient (Wildman–Crippen LogP) is 3.42. The van der Waals surface area contributed by atoms with Crippen LogP contribution in [0.5, 0.6) is 0 Å². The SMILES string of the molecule is COC(=O)NCCCC(=N)/C=C(\C=C(/I)OC)[C@@H](C)N(C(=O)C1CN(C(=O)OC(C)(C)C)CC(CS(C)(=O)=O)O1)C1CC1. The van der Waals surface area contributed by atoms with E-state index < -0.39 is 45.9 Å². The lowest BCUT2D eigenvalue weighted by molar-refractivity contribution is -0.157. The van der Waals surface area contributed by atoms with Crippen LogP contribution in [0, 0.1) is 5.41 Å². The highest BCUT2D eigenvalue weighted by Crippen LogP contribution is 2.33. The molecular weight excluding hydrogens is 695 g/mol. The number of alkyl carbamates (subject to hydrolysis) is 1. The summed E-state index contributed by atoms with van der Waals surface area (Å²) < 4.78 is 46.3. The van der Waals surface area contributed by atoms with Crippen LogP contribution in [0.15, 0.2) is 21.5 Å². The van der Waals surface area contributed by atoms with Gasteiger partial charge in [-0.05, 0) is 93.7 Å². The Labute approximate surface area is 268 Å². The first-order valence-electron chi connectivity index (χ1n) is 14.1. The number of methoxy groups -OCH3 is 2.